The molecule has 0 saturated heterocycles. The van der Waals surface area contributed by atoms with Gasteiger partial charge in [0.1, 0.15) is 5.00 Å². The van der Waals surface area contributed by atoms with Crippen molar-refractivity contribution in [1.82, 2.24) is 5.32 Å². The summed E-state index contributed by atoms with van der Waals surface area (Å²) in [5.41, 5.74) is 2.46. The number of halogens is 1. The molecule has 5 nitrogen and oxygen atoms in total. The summed E-state index contributed by atoms with van der Waals surface area (Å²) in [6.07, 6.45) is 7.87. The summed E-state index contributed by atoms with van der Waals surface area (Å²) < 4.78 is 5.03. The average molecular weight is 433 g/mol. The molecule has 154 valence electrons. The molecule has 3 rings (SSSR count). The van der Waals surface area contributed by atoms with Crippen LogP contribution in [0.2, 0.25) is 5.02 Å². The molecule has 2 aromatic rings. The third-order valence-electron chi connectivity index (χ3n) is 4.77. The highest BCUT2D eigenvalue weighted by Crippen LogP contribution is 2.38. The first-order valence-corrected chi connectivity index (χ1v) is 10.9. The molecule has 29 heavy (non-hydrogen) atoms. The lowest BCUT2D eigenvalue weighted by Crippen LogP contribution is -2.27. The van der Waals surface area contributed by atoms with Crippen molar-refractivity contribution in [3.8, 4) is 0 Å². The lowest BCUT2D eigenvalue weighted by molar-refractivity contribution is -0.111. The molecule has 1 aliphatic rings. The highest BCUT2D eigenvalue weighted by molar-refractivity contribution is 7.17. The van der Waals surface area contributed by atoms with Crippen LogP contribution < -0.4 is 10.6 Å². The second kappa shape index (κ2) is 10.6. The zero-order valence-corrected chi connectivity index (χ0v) is 18.0. The quantitative estimate of drug-likeness (QED) is 0.469. The predicted molar refractivity (Wildman–Crippen MR) is 119 cm³/mol. The van der Waals surface area contributed by atoms with E-state index in [1.54, 1.807) is 19.3 Å². The molecule has 0 radical (unpaired) electrons. The van der Waals surface area contributed by atoms with E-state index in [1.165, 1.54) is 22.3 Å². The monoisotopic (exact) mass is 432 g/mol. The number of benzene rings is 1. The highest BCUT2D eigenvalue weighted by atomic mass is 35.5. The summed E-state index contributed by atoms with van der Waals surface area (Å²) >= 11 is 7.64. The topological polar surface area (TPSA) is 67.4 Å². The number of anilines is 1. The number of methoxy groups -OCH3 is 1. The molecule has 0 fully saturated rings. The average Bonchev–Trinajstić information content (AvgIpc) is 3.08. The standard InChI is InChI=1S/C22H25ClN2O3S/c1-28-14-6-13-24-21(27)20-16-8-3-5-10-18(16)29-22(20)25-19(26)12-11-15-7-2-4-9-17(15)23/h2,4,7,9,11-12H,3,5-6,8,10,13-14H2,1H3,(H,24,27)(H,25,26). The van der Waals surface area contributed by atoms with Gasteiger partial charge in [-0.15, -0.1) is 11.3 Å². The summed E-state index contributed by atoms with van der Waals surface area (Å²) in [7, 11) is 1.64. The fourth-order valence-corrected chi connectivity index (χ4v) is 4.82. The number of amides is 2. The van der Waals surface area contributed by atoms with Gasteiger partial charge in [-0.05, 0) is 55.4 Å². The Morgan fingerprint density at radius 1 is 1.24 bits per heavy atom. The Hall–Kier alpha value is -2.15. The van der Waals surface area contributed by atoms with Gasteiger partial charge in [0.25, 0.3) is 5.91 Å². The van der Waals surface area contributed by atoms with Crippen LogP contribution in [0, 0.1) is 0 Å². The molecule has 1 heterocycles. The Kier molecular flexibility index (Phi) is 7.86. The van der Waals surface area contributed by atoms with Crippen LogP contribution in [0.15, 0.2) is 30.3 Å². The maximum atomic E-state index is 12.8. The van der Waals surface area contributed by atoms with Crippen LogP contribution in [0.25, 0.3) is 6.08 Å². The van der Waals surface area contributed by atoms with E-state index in [1.807, 2.05) is 18.2 Å². The molecule has 1 aromatic carbocycles. The van der Waals surface area contributed by atoms with Crippen molar-refractivity contribution in [3.05, 3.63) is 56.9 Å². The van der Waals surface area contributed by atoms with Gasteiger partial charge in [-0.2, -0.15) is 0 Å². The first-order valence-electron chi connectivity index (χ1n) is 9.75. The summed E-state index contributed by atoms with van der Waals surface area (Å²) in [6.45, 7) is 1.13. The van der Waals surface area contributed by atoms with Crippen LogP contribution in [0.4, 0.5) is 5.00 Å². The minimum atomic E-state index is -0.281. The lowest BCUT2D eigenvalue weighted by Gasteiger charge is -2.13. The SMILES string of the molecule is COCCCNC(=O)c1c(NC(=O)C=Cc2ccccc2Cl)sc2c1CCCC2. The Morgan fingerprint density at radius 2 is 2.03 bits per heavy atom. The second-order valence-corrected chi connectivity index (χ2v) is 8.37. The minimum Gasteiger partial charge on any atom is -0.385 e. The Balaban J connectivity index is 1.75. The molecular weight excluding hydrogens is 408 g/mol. The maximum Gasteiger partial charge on any atom is 0.254 e. The summed E-state index contributed by atoms with van der Waals surface area (Å²) in [4.78, 5) is 26.5. The highest BCUT2D eigenvalue weighted by Gasteiger charge is 2.25. The molecule has 2 amide bonds. The van der Waals surface area contributed by atoms with Crippen LogP contribution in [0.1, 0.15) is 45.6 Å². The molecule has 2 N–H and O–H groups in total. The largest absolute Gasteiger partial charge is 0.385 e. The molecule has 0 aliphatic heterocycles. The van der Waals surface area contributed by atoms with E-state index in [-0.39, 0.29) is 11.8 Å². The number of nitrogens with one attached hydrogen (secondary N) is 2. The van der Waals surface area contributed by atoms with Gasteiger partial charge in [-0.25, -0.2) is 0 Å². The molecule has 7 heteroatoms. The minimum absolute atomic E-state index is 0.133. The smallest absolute Gasteiger partial charge is 0.254 e. The Labute approximate surface area is 180 Å². The molecule has 0 atom stereocenters. The van der Waals surface area contributed by atoms with Gasteiger partial charge in [0, 0.05) is 36.2 Å². The molecule has 0 saturated carbocycles. The third kappa shape index (κ3) is 5.69. The Morgan fingerprint density at radius 3 is 2.83 bits per heavy atom. The van der Waals surface area contributed by atoms with Crippen LogP contribution in [-0.2, 0) is 22.4 Å². The number of carbonyl (C=O) groups excluding carboxylic acids is 2. The van der Waals surface area contributed by atoms with Crippen molar-refractivity contribution in [3.63, 3.8) is 0 Å². The van der Waals surface area contributed by atoms with Crippen molar-refractivity contribution in [2.75, 3.05) is 25.6 Å². The van der Waals surface area contributed by atoms with E-state index in [4.69, 9.17) is 16.3 Å². The van der Waals surface area contributed by atoms with Crippen molar-refractivity contribution in [2.45, 2.75) is 32.1 Å². The maximum absolute atomic E-state index is 12.8. The van der Waals surface area contributed by atoms with E-state index in [2.05, 4.69) is 10.6 Å². The molecule has 0 bridgehead atoms. The zero-order valence-electron chi connectivity index (χ0n) is 16.4. The fraction of sp³-hybridized carbons (Fsp3) is 0.364. The molecule has 0 spiro atoms. The van der Waals surface area contributed by atoms with Crippen LogP contribution in [0.3, 0.4) is 0 Å². The van der Waals surface area contributed by atoms with Gasteiger partial charge in [-0.3, -0.25) is 9.59 Å². The van der Waals surface area contributed by atoms with E-state index in [0.717, 1.165) is 43.2 Å². The Bertz CT molecular complexity index is 907. The number of fused-ring (bicyclic) bond motifs is 1. The molecule has 1 aliphatic carbocycles. The van der Waals surface area contributed by atoms with Gasteiger partial charge >= 0.3 is 0 Å². The first kappa shape index (κ1) is 21.6. The predicted octanol–water partition coefficient (Wildman–Crippen LogP) is 4.70. The number of thiophene rings is 1. The number of carbonyl (C=O) groups is 2. The van der Waals surface area contributed by atoms with Crippen LogP contribution in [-0.4, -0.2) is 32.1 Å². The van der Waals surface area contributed by atoms with E-state index in [9.17, 15) is 9.59 Å². The van der Waals surface area contributed by atoms with Crippen molar-refractivity contribution >= 4 is 45.8 Å². The summed E-state index contributed by atoms with van der Waals surface area (Å²) in [5.74, 6) is -0.414. The molecule has 1 aromatic heterocycles. The van der Waals surface area contributed by atoms with Crippen molar-refractivity contribution < 1.29 is 14.3 Å². The second-order valence-electron chi connectivity index (χ2n) is 6.86. The van der Waals surface area contributed by atoms with Gasteiger partial charge < -0.3 is 15.4 Å². The van der Waals surface area contributed by atoms with Gasteiger partial charge in [0.2, 0.25) is 5.91 Å². The number of aryl methyl sites for hydroxylation is 1. The first-order chi connectivity index (χ1) is 14.1. The fourth-order valence-electron chi connectivity index (χ4n) is 3.33. The van der Waals surface area contributed by atoms with E-state index < -0.39 is 0 Å². The van der Waals surface area contributed by atoms with Crippen LogP contribution >= 0.6 is 22.9 Å². The van der Waals surface area contributed by atoms with E-state index in [0.29, 0.717) is 28.7 Å². The number of ether oxygens (including phenoxy) is 1. The van der Waals surface area contributed by atoms with Crippen LogP contribution in [0.5, 0.6) is 0 Å². The number of hydrogen-bond donors (Lipinski definition) is 2. The zero-order chi connectivity index (χ0) is 20.6. The lowest BCUT2D eigenvalue weighted by atomic mass is 9.95. The normalized spacial score (nSPS) is 13.3. The van der Waals surface area contributed by atoms with Gasteiger partial charge in [0.15, 0.2) is 0 Å². The van der Waals surface area contributed by atoms with Gasteiger partial charge in [0.05, 0.1) is 5.56 Å². The van der Waals surface area contributed by atoms with E-state index >= 15 is 0 Å². The molecule has 0 unspecified atom stereocenters. The number of rotatable bonds is 8. The van der Waals surface area contributed by atoms with Gasteiger partial charge in [-0.1, -0.05) is 29.8 Å². The molecular formula is C22H25ClN2O3S. The third-order valence-corrected chi connectivity index (χ3v) is 6.32. The van der Waals surface area contributed by atoms with Crippen molar-refractivity contribution in [1.29, 1.82) is 0 Å². The summed E-state index contributed by atoms with van der Waals surface area (Å²) in [6, 6.07) is 7.32. The van der Waals surface area contributed by atoms with Crippen molar-refractivity contribution in [2.24, 2.45) is 0 Å². The number of hydrogen-bond acceptors (Lipinski definition) is 4. The summed E-state index contributed by atoms with van der Waals surface area (Å²) in [5, 5.41) is 7.06.